The van der Waals surface area contributed by atoms with Crippen molar-refractivity contribution >= 4 is 28.2 Å². The van der Waals surface area contributed by atoms with Crippen LogP contribution in [0.2, 0.25) is 0 Å². The minimum absolute atomic E-state index is 0.271. The van der Waals surface area contributed by atoms with Crippen molar-refractivity contribution in [3.05, 3.63) is 39.8 Å². The largest absolute Gasteiger partial charge is 0.497 e. The number of esters is 1. The fourth-order valence-electron chi connectivity index (χ4n) is 2.28. The molecule has 7 heteroatoms. The van der Waals surface area contributed by atoms with Gasteiger partial charge in [0.05, 0.1) is 26.4 Å². The highest BCUT2D eigenvalue weighted by Crippen LogP contribution is 2.33. The first kappa shape index (κ1) is 18.8. The van der Waals surface area contributed by atoms with E-state index in [2.05, 4.69) is 5.32 Å². The summed E-state index contributed by atoms with van der Waals surface area (Å²) in [6, 6.07) is 4.89. The van der Waals surface area contributed by atoms with Gasteiger partial charge in [-0.3, -0.25) is 4.79 Å². The van der Waals surface area contributed by atoms with Crippen LogP contribution in [0.25, 0.3) is 0 Å². The Morgan fingerprint density at radius 3 is 2.20 bits per heavy atom. The van der Waals surface area contributed by atoms with Crippen molar-refractivity contribution in [1.29, 1.82) is 0 Å². The molecule has 6 nitrogen and oxygen atoms in total. The van der Waals surface area contributed by atoms with Gasteiger partial charge in [-0.25, -0.2) is 4.79 Å². The molecular weight excluding hydrogens is 342 g/mol. The summed E-state index contributed by atoms with van der Waals surface area (Å²) in [5.74, 6) is 0.217. The molecule has 1 heterocycles. The summed E-state index contributed by atoms with van der Waals surface area (Å²) in [6.45, 7) is 5.75. The maximum Gasteiger partial charge on any atom is 0.341 e. The summed E-state index contributed by atoms with van der Waals surface area (Å²) in [6.07, 6.45) is 0. The van der Waals surface area contributed by atoms with E-state index >= 15 is 0 Å². The summed E-state index contributed by atoms with van der Waals surface area (Å²) in [4.78, 5) is 25.8. The maximum absolute atomic E-state index is 12.6. The van der Waals surface area contributed by atoms with Gasteiger partial charge < -0.3 is 19.5 Å². The van der Waals surface area contributed by atoms with E-state index in [9.17, 15) is 9.59 Å². The van der Waals surface area contributed by atoms with Crippen molar-refractivity contribution in [3.8, 4) is 11.5 Å². The van der Waals surface area contributed by atoms with Crippen molar-refractivity contribution in [2.24, 2.45) is 0 Å². The SMILES string of the molecule is CCOC(=O)c1c(NC(=O)c2cc(OC)cc(OC)c2)sc(C)c1C. The van der Waals surface area contributed by atoms with Gasteiger partial charge in [-0.1, -0.05) is 0 Å². The van der Waals surface area contributed by atoms with E-state index in [1.807, 2.05) is 13.8 Å². The van der Waals surface area contributed by atoms with E-state index < -0.39 is 5.97 Å². The van der Waals surface area contributed by atoms with Crippen LogP contribution in [0, 0.1) is 13.8 Å². The molecule has 1 N–H and O–H groups in total. The Morgan fingerprint density at radius 2 is 1.68 bits per heavy atom. The van der Waals surface area contributed by atoms with E-state index in [0.717, 1.165) is 10.4 Å². The van der Waals surface area contributed by atoms with Crippen LogP contribution < -0.4 is 14.8 Å². The molecular formula is C18H21NO5S. The summed E-state index contributed by atoms with van der Waals surface area (Å²) in [7, 11) is 3.03. The van der Waals surface area contributed by atoms with Crippen LogP contribution in [0.4, 0.5) is 5.00 Å². The zero-order valence-electron chi connectivity index (χ0n) is 14.9. The number of methoxy groups -OCH3 is 2. The fraction of sp³-hybridized carbons (Fsp3) is 0.333. The molecule has 2 aromatic rings. The Hall–Kier alpha value is -2.54. The average molecular weight is 363 g/mol. The molecule has 0 atom stereocenters. The van der Waals surface area contributed by atoms with Crippen LogP contribution in [-0.4, -0.2) is 32.7 Å². The molecule has 134 valence electrons. The maximum atomic E-state index is 12.6. The van der Waals surface area contributed by atoms with E-state index in [-0.39, 0.29) is 12.5 Å². The number of carbonyl (C=O) groups excluding carboxylic acids is 2. The molecule has 25 heavy (non-hydrogen) atoms. The molecule has 0 aliphatic rings. The first-order valence-corrected chi connectivity index (χ1v) is 8.54. The van der Waals surface area contributed by atoms with Crippen LogP contribution in [0.5, 0.6) is 11.5 Å². The molecule has 0 saturated carbocycles. The number of hydrogen-bond donors (Lipinski definition) is 1. The van der Waals surface area contributed by atoms with Crippen molar-refractivity contribution in [2.45, 2.75) is 20.8 Å². The molecule has 1 aromatic heterocycles. The molecule has 0 aliphatic carbocycles. The highest BCUT2D eigenvalue weighted by molar-refractivity contribution is 7.16. The summed E-state index contributed by atoms with van der Waals surface area (Å²) in [5, 5.41) is 3.27. The van der Waals surface area contributed by atoms with Crippen molar-refractivity contribution in [2.75, 3.05) is 26.1 Å². The molecule has 0 aliphatic heterocycles. The summed E-state index contributed by atoms with van der Waals surface area (Å²) in [5.41, 5.74) is 1.57. The molecule has 0 saturated heterocycles. The van der Waals surface area contributed by atoms with Crippen molar-refractivity contribution in [3.63, 3.8) is 0 Å². The molecule has 2 rings (SSSR count). The zero-order chi connectivity index (χ0) is 18.6. The van der Waals surface area contributed by atoms with Crippen molar-refractivity contribution in [1.82, 2.24) is 0 Å². The Kier molecular flexibility index (Phi) is 6.03. The highest BCUT2D eigenvalue weighted by Gasteiger charge is 2.22. The molecule has 1 aromatic carbocycles. The fourth-order valence-corrected chi connectivity index (χ4v) is 3.32. The molecule has 1 amide bonds. The second-order valence-corrected chi connectivity index (χ2v) is 6.49. The summed E-state index contributed by atoms with van der Waals surface area (Å²) >= 11 is 1.34. The van der Waals surface area contributed by atoms with Crippen LogP contribution in [0.15, 0.2) is 18.2 Å². The second-order valence-electron chi connectivity index (χ2n) is 5.26. The second kappa shape index (κ2) is 8.02. The number of thiophene rings is 1. The number of nitrogens with one attached hydrogen (secondary N) is 1. The standard InChI is InChI=1S/C18H21NO5S/c1-6-24-18(21)15-10(2)11(3)25-17(15)19-16(20)12-7-13(22-4)9-14(8-12)23-5/h7-9H,6H2,1-5H3,(H,19,20). The third-order valence-electron chi connectivity index (χ3n) is 3.71. The first-order chi connectivity index (χ1) is 11.9. The first-order valence-electron chi connectivity index (χ1n) is 7.72. The third kappa shape index (κ3) is 4.11. The number of carbonyl (C=O) groups is 2. The third-order valence-corrected chi connectivity index (χ3v) is 4.83. The predicted octanol–water partition coefficient (Wildman–Crippen LogP) is 3.81. The Labute approximate surface area is 150 Å². The minimum atomic E-state index is -0.442. The van der Waals surface area contributed by atoms with Crippen LogP contribution in [0.3, 0.4) is 0 Å². The van der Waals surface area contributed by atoms with Gasteiger partial charge in [0.2, 0.25) is 0 Å². The number of benzene rings is 1. The monoisotopic (exact) mass is 363 g/mol. The van der Waals surface area contributed by atoms with Gasteiger partial charge in [-0.2, -0.15) is 0 Å². The zero-order valence-corrected chi connectivity index (χ0v) is 15.7. The van der Waals surface area contributed by atoms with E-state index in [1.165, 1.54) is 25.6 Å². The van der Waals surface area contributed by atoms with Crippen LogP contribution >= 0.6 is 11.3 Å². The summed E-state index contributed by atoms with van der Waals surface area (Å²) < 4.78 is 15.5. The van der Waals surface area contributed by atoms with Gasteiger partial charge in [0.25, 0.3) is 5.91 Å². The Bertz CT molecular complexity index is 775. The van der Waals surface area contributed by atoms with Gasteiger partial charge >= 0.3 is 5.97 Å². The van der Waals surface area contributed by atoms with Gasteiger partial charge in [0.1, 0.15) is 16.5 Å². The minimum Gasteiger partial charge on any atom is -0.497 e. The van der Waals surface area contributed by atoms with E-state index in [4.69, 9.17) is 14.2 Å². The number of rotatable bonds is 6. The highest BCUT2D eigenvalue weighted by atomic mass is 32.1. The molecule has 0 unspecified atom stereocenters. The quantitative estimate of drug-likeness (QED) is 0.790. The normalized spacial score (nSPS) is 10.3. The average Bonchev–Trinajstić information content (AvgIpc) is 2.88. The number of aryl methyl sites for hydroxylation is 1. The lowest BCUT2D eigenvalue weighted by Crippen LogP contribution is -2.15. The topological polar surface area (TPSA) is 73.9 Å². The molecule has 0 radical (unpaired) electrons. The number of ether oxygens (including phenoxy) is 3. The van der Waals surface area contributed by atoms with Gasteiger partial charge in [-0.15, -0.1) is 11.3 Å². The predicted molar refractivity (Wildman–Crippen MR) is 97.2 cm³/mol. The number of anilines is 1. The lowest BCUT2D eigenvalue weighted by atomic mass is 10.1. The Balaban J connectivity index is 2.35. The van der Waals surface area contributed by atoms with E-state index in [0.29, 0.717) is 27.6 Å². The lowest BCUT2D eigenvalue weighted by Gasteiger charge is -2.10. The van der Waals surface area contributed by atoms with Gasteiger partial charge in [0.15, 0.2) is 0 Å². The number of amides is 1. The molecule has 0 bridgehead atoms. The van der Waals surface area contributed by atoms with Crippen LogP contribution in [0.1, 0.15) is 38.1 Å². The molecule has 0 fully saturated rings. The number of hydrogen-bond acceptors (Lipinski definition) is 6. The van der Waals surface area contributed by atoms with Gasteiger partial charge in [0, 0.05) is 16.5 Å². The van der Waals surface area contributed by atoms with Crippen LogP contribution in [-0.2, 0) is 4.74 Å². The lowest BCUT2D eigenvalue weighted by molar-refractivity contribution is 0.0527. The van der Waals surface area contributed by atoms with E-state index in [1.54, 1.807) is 25.1 Å². The Morgan fingerprint density at radius 1 is 1.08 bits per heavy atom. The molecule has 0 spiro atoms. The smallest absolute Gasteiger partial charge is 0.341 e. The van der Waals surface area contributed by atoms with Gasteiger partial charge in [-0.05, 0) is 38.5 Å². The van der Waals surface area contributed by atoms with Crippen molar-refractivity contribution < 1.29 is 23.8 Å².